The second-order valence-electron chi connectivity index (χ2n) is 4.17. The van der Waals surface area contributed by atoms with Gasteiger partial charge in [-0.05, 0) is 24.3 Å². The minimum atomic E-state index is 0.630. The van der Waals surface area contributed by atoms with Gasteiger partial charge in [-0.1, -0.05) is 53.7 Å². The number of para-hydroxylation sites is 1. The Hall–Kier alpha value is -2.02. The summed E-state index contributed by atoms with van der Waals surface area (Å²) in [5.41, 5.74) is 1.45. The van der Waals surface area contributed by atoms with Crippen LogP contribution in [0.15, 0.2) is 64.5 Å². The Morgan fingerprint density at radius 1 is 1.05 bits per heavy atom. The first kappa shape index (κ1) is 13.0. The van der Waals surface area contributed by atoms with Crippen LogP contribution < -0.4 is 0 Å². The Morgan fingerprint density at radius 3 is 2.60 bits per heavy atom. The number of hydrogen-bond donors (Lipinski definition) is 0. The van der Waals surface area contributed by atoms with Crippen LogP contribution >= 0.6 is 23.4 Å². The summed E-state index contributed by atoms with van der Waals surface area (Å²) in [6.45, 7) is 0. The van der Waals surface area contributed by atoms with Crippen LogP contribution in [0.1, 0.15) is 5.56 Å². The number of hydrogen-bond acceptors (Lipinski definition) is 3. The standard InChI is InChI=1S/C16H9ClN2S/c17-13-6-2-4-8-15(13)20-16-9-11(10-18)12-5-1-3-7-14(12)19-16/h1-9H. The molecule has 0 saturated heterocycles. The number of halogens is 1. The highest BCUT2D eigenvalue weighted by Crippen LogP contribution is 2.33. The lowest BCUT2D eigenvalue weighted by molar-refractivity contribution is 1.18. The highest BCUT2D eigenvalue weighted by molar-refractivity contribution is 7.99. The fourth-order valence-corrected chi connectivity index (χ4v) is 3.05. The molecule has 0 aliphatic heterocycles. The van der Waals surface area contributed by atoms with Crippen molar-refractivity contribution < 1.29 is 0 Å². The summed E-state index contributed by atoms with van der Waals surface area (Å²) in [5, 5.41) is 11.6. The van der Waals surface area contributed by atoms with Gasteiger partial charge < -0.3 is 0 Å². The fourth-order valence-electron chi connectivity index (χ4n) is 1.94. The minimum absolute atomic E-state index is 0.630. The van der Waals surface area contributed by atoms with Crippen molar-refractivity contribution in [2.75, 3.05) is 0 Å². The lowest BCUT2D eigenvalue weighted by atomic mass is 10.1. The molecular weight excluding hydrogens is 288 g/mol. The molecule has 3 rings (SSSR count). The van der Waals surface area contributed by atoms with Gasteiger partial charge in [0.25, 0.3) is 0 Å². The van der Waals surface area contributed by atoms with Crippen molar-refractivity contribution in [3.63, 3.8) is 0 Å². The zero-order chi connectivity index (χ0) is 13.9. The summed E-state index contributed by atoms with van der Waals surface area (Å²) >= 11 is 7.62. The summed E-state index contributed by atoms with van der Waals surface area (Å²) in [4.78, 5) is 5.50. The van der Waals surface area contributed by atoms with Crippen molar-refractivity contribution in [3.05, 3.63) is 65.2 Å². The van der Waals surface area contributed by atoms with Crippen LogP contribution in [-0.2, 0) is 0 Å². The maximum Gasteiger partial charge on any atom is 0.103 e. The van der Waals surface area contributed by atoms with E-state index in [1.165, 1.54) is 11.8 Å². The van der Waals surface area contributed by atoms with E-state index in [1.807, 2.05) is 48.5 Å². The van der Waals surface area contributed by atoms with Gasteiger partial charge in [-0.2, -0.15) is 5.26 Å². The first-order chi connectivity index (χ1) is 9.78. The number of benzene rings is 2. The average molecular weight is 297 g/mol. The van der Waals surface area contributed by atoms with Gasteiger partial charge in [0.1, 0.15) is 5.03 Å². The Balaban J connectivity index is 2.09. The van der Waals surface area contributed by atoms with Gasteiger partial charge in [0.2, 0.25) is 0 Å². The van der Waals surface area contributed by atoms with Gasteiger partial charge >= 0.3 is 0 Å². The van der Waals surface area contributed by atoms with E-state index in [2.05, 4.69) is 11.1 Å². The lowest BCUT2D eigenvalue weighted by Gasteiger charge is -2.06. The Kier molecular flexibility index (Phi) is 3.60. The molecule has 20 heavy (non-hydrogen) atoms. The van der Waals surface area contributed by atoms with Crippen molar-refractivity contribution in [1.82, 2.24) is 4.98 Å². The molecule has 2 aromatic carbocycles. The number of rotatable bonds is 2. The van der Waals surface area contributed by atoms with E-state index in [0.717, 1.165) is 20.8 Å². The molecule has 0 aliphatic carbocycles. The molecular formula is C16H9ClN2S. The number of fused-ring (bicyclic) bond motifs is 1. The molecule has 0 fully saturated rings. The van der Waals surface area contributed by atoms with Crippen molar-refractivity contribution in [1.29, 1.82) is 5.26 Å². The van der Waals surface area contributed by atoms with Gasteiger partial charge in [-0.25, -0.2) is 4.98 Å². The molecule has 0 saturated carbocycles. The molecule has 0 N–H and O–H groups in total. The lowest BCUT2D eigenvalue weighted by Crippen LogP contribution is -1.87. The van der Waals surface area contributed by atoms with E-state index in [1.54, 1.807) is 6.07 Å². The predicted octanol–water partition coefficient (Wildman–Crippen LogP) is 4.91. The van der Waals surface area contributed by atoms with Crippen LogP contribution in [0.4, 0.5) is 0 Å². The Morgan fingerprint density at radius 2 is 1.80 bits per heavy atom. The topological polar surface area (TPSA) is 36.7 Å². The predicted molar refractivity (Wildman–Crippen MR) is 82.0 cm³/mol. The van der Waals surface area contributed by atoms with Gasteiger partial charge in [0, 0.05) is 10.3 Å². The van der Waals surface area contributed by atoms with Gasteiger partial charge in [0.05, 0.1) is 22.2 Å². The largest absolute Gasteiger partial charge is 0.241 e. The summed E-state index contributed by atoms with van der Waals surface area (Å²) in [6, 6.07) is 19.3. The van der Waals surface area contributed by atoms with E-state index < -0.39 is 0 Å². The summed E-state index contributed by atoms with van der Waals surface area (Å²) in [7, 11) is 0. The number of aromatic nitrogens is 1. The van der Waals surface area contributed by atoms with Crippen LogP contribution in [0.5, 0.6) is 0 Å². The monoisotopic (exact) mass is 296 g/mol. The molecule has 0 atom stereocenters. The third-order valence-electron chi connectivity index (χ3n) is 2.86. The van der Waals surface area contributed by atoms with Crippen LogP contribution in [0.3, 0.4) is 0 Å². The Labute approximate surface area is 126 Å². The van der Waals surface area contributed by atoms with Crippen LogP contribution in [-0.4, -0.2) is 4.98 Å². The first-order valence-corrected chi connectivity index (χ1v) is 7.19. The summed E-state index contributed by atoms with van der Waals surface area (Å²) in [6.07, 6.45) is 0. The zero-order valence-corrected chi connectivity index (χ0v) is 11.9. The van der Waals surface area contributed by atoms with E-state index in [9.17, 15) is 5.26 Å². The van der Waals surface area contributed by atoms with E-state index in [0.29, 0.717) is 10.6 Å². The third kappa shape index (κ3) is 2.49. The van der Waals surface area contributed by atoms with Crippen LogP contribution in [0.25, 0.3) is 10.9 Å². The molecule has 0 radical (unpaired) electrons. The quantitative estimate of drug-likeness (QED) is 0.674. The highest BCUT2D eigenvalue weighted by Gasteiger charge is 2.08. The van der Waals surface area contributed by atoms with Crippen molar-refractivity contribution in [3.8, 4) is 6.07 Å². The molecule has 3 aromatic rings. The maximum atomic E-state index is 9.27. The van der Waals surface area contributed by atoms with E-state index >= 15 is 0 Å². The molecule has 4 heteroatoms. The van der Waals surface area contributed by atoms with Crippen molar-refractivity contribution >= 4 is 34.3 Å². The molecule has 1 heterocycles. The maximum absolute atomic E-state index is 9.27. The van der Waals surface area contributed by atoms with Crippen LogP contribution in [0, 0.1) is 11.3 Å². The smallest absolute Gasteiger partial charge is 0.103 e. The molecule has 96 valence electrons. The normalized spacial score (nSPS) is 10.4. The van der Waals surface area contributed by atoms with Crippen molar-refractivity contribution in [2.24, 2.45) is 0 Å². The molecule has 0 unspecified atom stereocenters. The second kappa shape index (κ2) is 5.54. The zero-order valence-electron chi connectivity index (χ0n) is 10.4. The molecule has 2 nitrogen and oxygen atoms in total. The number of nitriles is 1. The highest BCUT2D eigenvalue weighted by atomic mass is 35.5. The average Bonchev–Trinajstić information content (AvgIpc) is 2.49. The van der Waals surface area contributed by atoms with E-state index in [4.69, 9.17) is 11.6 Å². The first-order valence-electron chi connectivity index (χ1n) is 6.00. The molecule has 0 bridgehead atoms. The molecule has 0 aliphatic rings. The van der Waals surface area contributed by atoms with Gasteiger partial charge in [-0.15, -0.1) is 0 Å². The second-order valence-corrected chi connectivity index (χ2v) is 5.64. The van der Waals surface area contributed by atoms with E-state index in [-0.39, 0.29) is 0 Å². The van der Waals surface area contributed by atoms with Crippen molar-refractivity contribution in [2.45, 2.75) is 9.92 Å². The van der Waals surface area contributed by atoms with Gasteiger partial charge in [0.15, 0.2) is 0 Å². The fraction of sp³-hybridized carbons (Fsp3) is 0. The number of pyridine rings is 1. The number of nitrogens with zero attached hydrogens (tertiary/aromatic N) is 2. The SMILES string of the molecule is N#Cc1cc(Sc2ccccc2Cl)nc2ccccc12. The molecule has 0 amide bonds. The summed E-state index contributed by atoms with van der Waals surface area (Å²) in [5.74, 6) is 0. The molecule has 0 spiro atoms. The van der Waals surface area contributed by atoms with Crippen LogP contribution in [0.2, 0.25) is 5.02 Å². The van der Waals surface area contributed by atoms with Gasteiger partial charge in [-0.3, -0.25) is 0 Å². The third-order valence-corrected chi connectivity index (χ3v) is 4.30. The molecule has 1 aromatic heterocycles. The minimum Gasteiger partial charge on any atom is -0.241 e. The Bertz CT molecular complexity index is 824. The summed E-state index contributed by atoms with van der Waals surface area (Å²) < 4.78 is 0.